The van der Waals surface area contributed by atoms with Crippen LogP contribution in [0.2, 0.25) is 0 Å². The number of piperidine rings is 1. The summed E-state index contributed by atoms with van der Waals surface area (Å²) in [7, 11) is 0. The molecular weight excluding hydrogens is 796 g/mol. The summed E-state index contributed by atoms with van der Waals surface area (Å²) in [6.45, 7) is 8.19. The number of rotatable bonds is 13. The van der Waals surface area contributed by atoms with Gasteiger partial charge in [0.1, 0.15) is 18.4 Å². The second kappa shape index (κ2) is 17.8. The van der Waals surface area contributed by atoms with E-state index in [2.05, 4.69) is 38.0 Å². The molecule has 1 saturated carbocycles. The van der Waals surface area contributed by atoms with E-state index in [0.717, 1.165) is 98.6 Å². The SMILES string of the molecule is CC1CCC(n2c(NC(=O)c3cccc(C(F)(F)F)c3)nc3cc(CN4CCN(CCOCCOc5ccc6c(c5)C(=O)N(C5CCC(=O)NC5=O)C6=O)CC4)ccc32)CC1. The molecule has 4 aliphatic rings. The van der Waals surface area contributed by atoms with E-state index in [1.165, 1.54) is 24.3 Å². The summed E-state index contributed by atoms with van der Waals surface area (Å²) >= 11 is 0. The van der Waals surface area contributed by atoms with Crippen LogP contribution in [0.15, 0.2) is 60.7 Å². The zero-order chi connectivity index (χ0) is 42.8. The average molecular weight is 844 g/mol. The van der Waals surface area contributed by atoms with Gasteiger partial charge >= 0.3 is 6.18 Å². The van der Waals surface area contributed by atoms with E-state index in [1.807, 2.05) is 12.1 Å². The molecule has 2 saturated heterocycles. The molecule has 1 aliphatic carbocycles. The molecule has 2 N–H and O–H groups in total. The maximum absolute atomic E-state index is 13.4. The van der Waals surface area contributed by atoms with Crippen LogP contribution in [0.1, 0.15) is 93.7 Å². The number of piperazine rings is 1. The van der Waals surface area contributed by atoms with Crippen molar-refractivity contribution in [2.75, 3.05) is 57.9 Å². The molecule has 0 bridgehead atoms. The number of halogens is 3. The molecule has 0 spiro atoms. The third-order valence-corrected chi connectivity index (χ3v) is 12.1. The second-order valence-electron chi connectivity index (χ2n) is 16.3. The van der Waals surface area contributed by atoms with Gasteiger partial charge in [0.15, 0.2) is 0 Å². The first-order valence-corrected chi connectivity index (χ1v) is 20.8. The van der Waals surface area contributed by atoms with Gasteiger partial charge < -0.3 is 14.0 Å². The van der Waals surface area contributed by atoms with Gasteiger partial charge in [0.05, 0.1) is 40.9 Å². The zero-order valence-electron chi connectivity index (χ0n) is 33.8. The number of benzene rings is 3. The maximum Gasteiger partial charge on any atom is 0.416 e. The number of amides is 5. The van der Waals surface area contributed by atoms with Gasteiger partial charge in [-0.2, -0.15) is 13.2 Å². The molecule has 8 rings (SSSR count). The number of hydrogen-bond acceptors (Lipinski definition) is 10. The Labute approximate surface area is 350 Å². The normalized spacial score (nSPS) is 21.5. The fourth-order valence-electron chi connectivity index (χ4n) is 8.69. The van der Waals surface area contributed by atoms with Gasteiger partial charge in [-0.15, -0.1) is 0 Å². The number of alkyl halides is 3. The third kappa shape index (κ3) is 9.33. The van der Waals surface area contributed by atoms with Crippen molar-refractivity contribution in [3.8, 4) is 5.75 Å². The molecule has 4 aromatic rings. The lowest BCUT2D eigenvalue weighted by Crippen LogP contribution is -2.54. The molecule has 61 heavy (non-hydrogen) atoms. The van der Waals surface area contributed by atoms with Crippen molar-refractivity contribution in [2.45, 2.75) is 70.3 Å². The summed E-state index contributed by atoms with van der Waals surface area (Å²) in [5.74, 6) is -1.54. The fraction of sp³-hybridized carbons (Fsp3) is 0.455. The Morgan fingerprint density at radius 2 is 1.61 bits per heavy atom. The van der Waals surface area contributed by atoms with Gasteiger partial charge in [0.25, 0.3) is 17.7 Å². The number of hydrogen-bond donors (Lipinski definition) is 2. The highest BCUT2D eigenvalue weighted by atomic mass is 19.4. The molecule has 3 fully saturated rings. The monoisotopic (exact) mass is 843 g/mol. The van der Waals surface area contributed by atoms with Crippen LogP contribution in [0.4, 0.5) is 19.1 Å². The minimum atomic E-state index is -4.56. The number of nitrogens with zero attached hydrogens (tertiary/aromatic N) is 5. The molecule has 3 aromatic carbocycles. The van der Waals surface area contributed by atoms with Crippen LogP contribution in [-0.4, -0.2) is 112 Å². The topological polar surface area (TPSA) is 155 Å². The number of fused-ring (bicyclic) bond motifs is 2. The molecule has 14 nitrogen and oxygen atoms in total. The van der Waals surface area contributed by atoms with Gasteiger partial charge in [-0.3, -0.25) is 49.3 Å². The number of aromatic nitrogens is 2. The minimum Gasteiger partial charge on any atom is -0.491 e. The number of nitrogens with one attached hydrogen (secondary N) is 2. The number of carbonyl (C=O) groups is 5. The van der Waals surface area contributed by atoms with Gasteiger partial charge in [-0.25, -0.2) is 4.98 Å². The smallest absolute Gasteiger partial charge is 0.416 e. The highest BCUT2D eigenvalue weighted by Crippen LogP contribution is 2.37. The Kier molecular flexibility index (Phi) is 12.2. The summed E-state index contributed by atoms with van der Waals surface area (Å²) in [4.78, 5) is 73.7. The van der Waals surface area contributed by atoms with E-state index < -0.39 is 47.3 Å². The molecule has 3 aliphatic heterocycles. The summed E-state index contributed by atoms with van der Waals surface area (Å²) in [6, 6.07) is 14.3. The second-order valence-corrected chi connectivity index (χ2v) is 16.3. The van der Waals surface area contributed by atoms with Crippen molar-refractivity contribution in [3.05, 3.63) is 88.5 Å². The van der Waals surface area contributed by atoms with Crippen LogP contribution in [0, 0.1) is 5.92 Å². The molecule has 0 radical (unpaired) electrons. The van der Waals surface area contributed by atoms with E-state index in [9.17, 15) is 37.1 Å². The van der Waals surface area contributed by atoms with Crippen LogP contribution in [-0.2, 0) is 27.0 Å². The van der Waals surface area contributed by atoms with Gasteiger partial charge in [0, 0.05) is 57.3 Å². The predicted octanol–water partition coefficient (Wildman–Crippen LogP) is 5.67. The number of anilines is 1. The average Bonchev–Trinajstić information content (AvgIpc) is 3.71. The summed E-state index contributed by atoms with van der Waals surface area (Å²) < 4.78 is 53.9. The first-order valence-electron chi connectivity index (χ1n) is 20.8. The highest BCUT2D eigenvalue weighted by molar-refractivity contribution is 6.23. The standard InChI is InChI=1S/C44H48F3N7O7/c1-27-5-8-31(9-6-27)53-36-12-7-28(23-35(36)48-43(53)50-39(56)29-3-2-4-30(24-29)44(45,46)47)26-52-17-15-51(16-18-52)19-20-60-21-22-61-32-10-11-33-34(25-32)42(59)54(41(33)58)37-13-14-38(55)49-40(37)57/h2-4,7,10-12,23-25,27,31,37H,5-6,8-9,13-22,26H2,1H3,(H,48,50,56)(H,49,55,57). The number of ether oxygens (including phenoxy) is 2. The van der Waals surface area contributed by atoms with Crippen molar-refractivity contribution in [2.24, 2.45) is 5.92 Å². The van der Waals surface area contributed by atoms with E-state index >= 15 is 0 Å². The van der Waals surface area contributed by atoms with Crippen LogP contribution >= 0.6 is 0 Å². The first-order chi connectivity index (χ1) is 29.3. The number of imidazole rings is 1. The largest absolute Gasteiger partial charge is 0.491 e. The lowest BCUT2D eigenvalue weighted by molar-refractivity contribution is -0.138. The van der Waals surface area contributed by atoms with Gasteiger partial charge in [0.2, 0.25) is 17.8 Å². The molecule has 4 heterocycles. The lowest BCUT2D eigenvalue weighted by atomic mass is 9.87. The fourth-order valence-corrected chi connectivity index (χ4v) is 8.69. The Morgan fingerprint density at radius 1 is 0.852 bits per heavy atom. The Morgan fingerprint density at radius 3 is 2.36 bits per heavy atom. The molecule has 1 atom stereocenters. The van der Waals surface area contributed by atoms with E-state index in [0.29, 0.717) is 30.8 Å². The van der Waals surface area contributed by atoms with Crippen molar-refractivity contribution < 1.29 is 46.6 Å². The third-order valence-electron chi connectivity index (χ3n) is 12.1. The summed E-state index contributed by atoms with van der Waals surface area (Å²) in [5.41, 5.74) is 2.07. The maximum atomic E-state index is 13.4. The molecule has 17 heteroatoms. The quantitative estimate of drug-likeness (QED) is 0.127. The van der Waals surface area contributed by atoms with Crippen molar-refractivity contribution in [1.29, 1.82) is 0 Å². The molecule has 1 unspecified atom stereocenters. The minimum absolute atomic E-state index is 0.0509. The number of carbonyl (C=O) groups excluding carboxylic acids is 5. The van der Waals surface area contributed by atoms with Gasteiger partial charge in [-0.1, -0.05) is 19.1 Å². The van der Waals surface area contributed by atoms with Crippen LogP contribution < -0.4 is 15.4 Å². The van der Waals surface area contributed by atoms with E-state index in [4.69, 9.17) is 14.5 Å². The molecule has 322 valence electrons. The Hall–Kier alpha value is -5.65. The Bertz CT molecular complexity index is 2330. The molecular formula is C44H48F3N7O7. The zero-order valence-corrected chi connectivity index (χ0v) is 33.8. The summed E-state index contributed by atoms with van der Waals surface area (Å²) in [6.07, 6.45) is -0.505. The lowest BCUT2D eigenvalue weighted by Gasteiger charge is -2.34. The van der Waals surface area contributed by atoms with E-state index in [1.54, 1.807) is 6.07 Å². The molecule has 5 amide bonds. The van der Waals surface area contributed by atoms with Crippen molar-refractivity contribution >= 4 is 46.5 Å². The first kappa shape index (κ1) is 42.1. The highest BCUT2D eigenvalue weighted by Gasteiger charge is 2.44. The van der Waals surface area contributed by atoms with Crippen molar-refractivity contribution in [1.82, 2.24) is 29.6 Å². The van der Waals surface area contributed by atoms with E-state index in [-0.39, 0.29) is 42.2 Å². The van der Waals surface area contributed by atoms with Gasteiger partial charge in [-0.05, 0) is 92.1 Å². The molecule has 1 aromatic heterocycles. The summed E-state index contributed by atoms with van der Waals surface area (Å²) in [5, 5.41) is 5.03. The predicted molar refractivity (Wildman–Crippen MR) is 217 cm³/mol. The van der Waals surface area contributed by atoms with Crippen LogP contribution in [0.25, 0.3) is 11.0 Å². The van der Waals surface area contributed by atoms with Crippen molar-refractivity contribution in [3.63, 3.8) is 0 Å². The Balaban J connectivity index is 0.801. The van der Waals surface area contributed by atoms with Crippen LogP contribution in [0.3, 0.4) is 0 Å². The number of imide groups is 2. The van der Waals surface area contributed by atoms with Crippen LogP contribution in [0.5, 0.6) is 5.75 Å².